The summed E-state index contributed by atoms with van der Waals surface area (Å²) < 4.78 is 15.7. The molecule has 3 aromatic rings. The van der Waals surface area contributed by atoms with Gasteiger partial charge in [-0.1, -0.05) is 18.2 Å². The topological polar surface area (TPSA) is 81.7 Å². The van der Waals surface area contributed by atoms with Crippen molar-refractivity contribution >= 4 is 28.3 Å². The van der Waals surface area contributed by atoms with Crippen molar-refractivity contribution < 1.29 is 19.0 Å². The average Bonchev–Trinajstić information content (AvgIpc) is 2.73. The highest BCUT2D eigenvalue weighted by Gasteiger charge is 2.14. The molecule has 1 heterocycles. The van der Waals surface area contributed by atoms with Gasteiger partial charge in [-0.25, -0.2) is 4.98 Å². The number of para-hydroxylation sites is 1. The van der Waals surface area contributed by atoms with Gasteiger partial charge in [-0.3, -0.25) is 4.79 Å². The zero-order chi connectivity index (χ0) is 19.9. The van der Waals surface area contributed by atoms with E-state index >= 15 is 0 Å². The van der Waals surface area contributed by atoms with Gasteiger partial charge in [-0.15, -0.1) is 0 Å². The number of aromatic nitrogens is 1. The fourth-order valence-electron chi connectivity index (χ4n) is 2.84. The third-order valence-electron chi connectivity index (χ3n) is 4.22. The third kappa shape index (κ3) is 4.32. The Labute approximate surface area is 163 Å². The molecule has 7 nitrogen and oxygen atoms in total. The van der Waals surface area contributed by atoms with E-state index in [1.165, 1.54) is 0 Å². The van der Waals surface area contributed by atoms with E-state index in [1.54, 1.807) is 33.5 Å². The highest BCUT2D eigenvalue weighted by Crippen LogP contribution is 2.32. The number of carbonyl (C=O) groups excluding carboxylic acids is 1. The van der Waals surface area contributed by atoms with Crippen molar-refractivity contribution in [3.63, 3.8) is 0 Å². The van der Waals surface area contributed by atoms with Gasteiger partial charge in [0.25, 0.3) is 5.91 Å². The zero-order valence-corrected chi connectivity index (χ0v) is 16.1. The second-order valence-electron chi connectivity index (χ2n) is 6.01. The zero-order valence-electron chi connectivity index (χ0n) is 16.1. The minimum Gasteiger partial charge on any atom is -0.497 e. The van der Waals surface area contributed by atoms with Crippen LogP contribution in [-0.2, 0) is 4.74 Å². The number of rotatable bonds is 8. The molecule has 1 aromatic heterocycles. The lowest BCUT2D eigenvalue weighted by molar-refractivity contribution is 0.0938. The van der Waals surface area contributed by atoms with Gasteiger partial charge in [0.2, 0.25) is 0 Å². The normalized spacial score (nSPS) is 10.5. The van der Waals surface area contributed by atoms with Gasteiger partial charge in [-0.2, -0.15) is 0 Å². The molecule has 0 bridgehead atoms. The Bertz CT molecular complexity index is 975. The van der Waals surface area contributed by atoms with Crippen LogP contribution in [0.1, 0.15) is 10.4 Å². The molecule has 146 valence electrons. The van der Waals surface area contributed by atoms with Gasteiger partial charge in [0, 0.05) is 25.1 Å². The van der Waals surface area contributed by atoms with Crippen molar-refractivity contribution in [2.45, 2.75) is 0 Å². The van der Waals surface area contributed by atoms with E-state index in [4.69, 9.17) is 14.2 Å². The smallest absolute Gasteiger partial charge is 0.252 e. The SMILES string of the molecule is COCCNC(=O)c1cc(Nc2cc(OC)ccc2OC)nc2ccccc12. The van der Waals surface area contributed by atoms with E-state index < -0.39 is 0 Å². The van der Waals surface area contributed by atoms with Gasteiger partial charge in [0.15, 0.2) is 0 Å². The van der Waals surface area contributed by atoms with Gasteiger partial charge in [0.1, 0.15) is 17.3 Å². The number of anilines is 2. The lowest BCUT2D eigenvalue weighted by Crippen LogP contribution is -2.27. The van der Waals surface area contributed by atoms with E-state index in [0.717, 1.165) is 5.39 Å². The largest absolute Gasteiger partial charge is 0.497 e. The number of carbonyl (C=O) groups is 1. The number of nitrogens with zero attached hydrogens (tertiary/aromatic N) is 1. The second kappa shape index (κ2) is 9.05. The van der Waals surface area contributed by atoms with Crippen LogP contribution in [0.5, 0.6) is 11.5 Å². The van der Waals surface area contributed by atoms with Crippen molar-refractivity contribution in [1.29, 1.82) is 0 Å². The number of methoxy groups -OCH3 is 3. The number of pyridine rings is 1. The van der Waals surface area contributed by atoms with Gasteiger partial charge in [-0.05, 0) is 24.3 Å². The van der Waals surface area contributed by atoms with Gasteiger partial charge < -0.3 is 24.8 Å². The van der Waals surface area contributed by atoms with Crippen LogP contribution < -0.4 is 20.1 Å². The summed E-state index contributed by atoms with van der Waals surface area (Å²) >= 11 is 0. The summed E-state index contributed by atoms with van der Waals surface area (Å²) in [6.07, 6.45) is 0. The van der Waals surface area contributed by atoms with Crippen LogP contribution >= 0.6 is 0 Å². The van der Waals surface area contributed by atoms with Crippen LogP contribution in [0.15, 0.2) is 48.5 Å². The number of hydrogen-bond acceptors (Lipinski definition) is 6. The first-order valence-electron chi connectivity index (χ1n) is 8.82. The molecule has 7 heteroatoms. The number of ether oxygens (including phenoxy) is 3. The summed E-state index contributed by atoms with van der Waals surface area (Å²) in [6.45, 7) is 0.874. The Kier molecular flexibility index (Phi) is 6.29. The Balaban J connectivity index is 1.99. The molecule has 0 fully saturated rings. The van der Waals surface area contributed by atoms with Gasteiger partial charge >= 0.3 is 0 Å². The molecule has 0 saturated carbocycles. The third-order valence-corrected chi connectivity index (χ3v) is 4.22. The lowest BCUT2D eigenvalue weighted by Gasteiger charge is -2.14. The molecule has 2 aromatic carbocycles. The highest BCUT2D eigenvalue weighted by molar-refractivity contribution is 6.07. The van der Waals surface area contributed by atoms with Crippen LogP contribution in [0.25, 0.3) is 10.9 Å². The van der Waals surface area contributed by atoms with Gasteiger partial charge in [0.05, 0.1) is 37.6 Å². The Morgan fingerprint density at radius 3 is 2.61 bits per heavy atom. The highest BCUT2D eigenvalue weighted by atomic mass is 16.5. The molecular formula is C21H23N3O4. The standard InChI is InChI=1S/C21H23N3O4/c1-26-11-10-22-21(25)16-13-20(23-17-7-5-4-6-15(16)17)24-18-12-14(27-2)8-9-19(18)28-3/h4-9,12-13H,10-11H2,1-3H3,(H,22,25)(H,23,24). The van der Waals surface area contributed by atoms with E-state index in [0.29, 0.717) is 47.2 Å². The average molecular weight is 381 g/mol. The predicted molar refractivity (Wildman–Crippen MR) is 109 cm³/mol. The van der Waals surface area contributed by atoms with Crippen molar-refractivity contribution in [2.75, 3.05) is 39.8 Å². The van der Waals surface area contributed by atoms with E-state index in [1.807, 2.05) is 36.4 Å². The maximum absolute atomic E-state index is 12.7. The molecule has 0 atom stereocenters. The maximum Gasteiger partial charge on any atom is 0.252 e. The lowest BCUT2D eigenvalue weighted by atomic mass is 10.1. The maximum atomic E-state index is 12.7. The molecule has 2 N–H and O–H groups in total. The van der Waals surface area contributed by atoms with Crippen LogP contribution in [0.4, 0.5) is 11.5 Å². The summed E-state index contributed by atoms with van der Waals surface area (Å²) in [5, 5.41) is 6.87. The number of amides is 1. The Morgan fingerprint density at radius 2 is 1.86 bits per heavy atom. The van der Waals surface area contributed by atoms with Crippen molar-refractivity contribution in [3.8, 4) is 11.5 Å². The molecule has 1 amide bonds. The fourth-order valence-corrected chi connectivity index (χ4v) is 2.84. The monoisotopic (exact) mass is 381 g/mol. The van der Waals surface area contributed by atoms with Crippen LogP contribution in [0, 0.1) is 0 Å². The number of hydrogen-bond donors (Lipinski definition) is 2. The second-order valence-corrected chi connectivity index (χ2v) is 6.01. The Morgan fingerprint density at radius 1 is 1.04 bits per heavy atom. The van der Waals surface area contributed by atoms with E-state index in [2.05, 4.69) is 15.6 Å². The minimum absolute atomic E-state index is 0.184. The first-order chi connectivity index (χ1) is 13.7. The van der Waals surface area contributed by atoms with Crippen molar-refractivity contribution in [1.82, 2.24) is 10.3 Å². The summed E-state index contributed by atoms with van der Waals surface area (Å²) in [5.74, 6) is 1.67. The molecule has 0 saturated heterocycles. The van der Waals surface area contributed by atoms with Crippen molar-refractivity contribution in [3.05, 3.63) is 54.1 Å². The van der Waals surface area contributed by atoms with E-state index in [9.17, 15) is 4.79 Å². The number of nitrogens with one attached hydrogen (secondary N) is 2. The first-order valence-corrected chi connectivity index (χ1v) is 8.82. The summed E-state index contributed by atoms with van der Waals surface area (Å²) in [4.78, 5) is 17.3. The Hall–Kier alpha value is -3.32. The summed E-state index contributed by atoms with van der Waals surface area (Å²) in [5.41, 5.74) is 1.94. The summed E-state index contributed by atoms with van der Waals surface area (Å²) in [7, 11) is 4.79. The molecule has 3 rings (SSSR count). The molecule has 0 spiro atoms. The molecule has 0 aliphatic heterocycles. The molecule has 0 unspecified atom stereocenters. The van der Waals surface area contributed by atoms with Crippen molar-refractivity contribution in [2.24, 2.45) is 0 Å². The molecule has 0 radical (unpaired) electrons. The van der Waals surface area contributed by atoms with Crippen LogP contribution in [0.2, 0.25) is 0 Å². The fraction of sp³-hybridized carbons (Fsp3) is 0.238. The molecule has 0 aliphatic carbocycles. The number of fused-ring (bicyclic) bond motifs is 1. The quantitative estimate of drug-likeness (QED) is 0.582. The van der Waals surface area contributed by atoms with E-state index in [-0.39, 0.29) is 5.91 Å². The number of benzene rings is 2. The minimum atomic E-state index is -0.184. The van der Waals surface area contributed by atoms with Crippen LogP contribution in [-0.4, -0.2) is 45.4 Å². The van der Waals surface area contributed by atoms with Crippen LogP contribution in [0.3, 0.4) is 0 Å². The predicted octanol–water partition coefficient (Wildman–Crippen LogP) is 3.37. The molecular weight excluding hydrogens is 358 g/mol. The molecule has 28 heavy (non-hydrogen) atoms. The molecule has 0 aliphatic rings. The summed E-state index contributed by atoms with van der Waals surface area (Å²) in [6, 6.07) is 14.7. The first kappa shape index (κ1) is 19.4.